The smallest absolute Gasteiger partial charge is 0.350 e. The quantitative estimate of drug-likeness (QED) is 0.482. The number of rotatable bonds is 6. The van der Waals surface area contributed by atoms with Crippen LogP contribution < -0.4 is 14.7 Å². The van der Waals surface area contributed by atoms with Gasteiger partial charge in [0.15, 0.2) is 5.13 Å². The number of aliphatic hydroxyl groups is 1. The van der Waals surface area contributed by atoms with Crippen LogP contribution in [0.4, 0.5) is 28.6 Å². The maximum absolute atomic E-state index is 12.4. The predicted molar refractivity (Wildman–Crippen MR) is 139 cm³/mol. The van der Waals surface area contributed by atoms with E-state index < -0.39 is 0 Å². The summed E-state index contributed by atoms with van der Waals surface area (Å²) in [4.78, 5) is 33.8. The van der Waals surface area contributed by atoms with Crippen molar-refractivity contribution >= 4 is 45.9 Å². The summed E-state index contributed by atoms with van der Waals surface area (Å²) in [7, 11) is 1.87. The maximum Gasteiger partial charge on any atom is 0.350 e. The lowest BCUT2D eigenvalue weighted by Gasteiger charge is -2.33. The topological polar surface area (TPSA) is 108 Å². The summed E-state index contributed by atoms with van der Waals surface area (Å²) in [6.07, 6.45) is 5.73. The number of esters is 1. The molecule has 0 radical (unpaired) electrons. The van der Waals surface area contributed by atoms with E-state index in [-0.39, 0.29) is 12.1 Å². The first-order valence-corrected chi connectivity index (χ1v) is 13.3. The van der Waals surface area contributed by atoms with E-state index in [0.717, 1.165) is 62.0 Å². The number of aromatic nitrogens is 3. The van der Waals surface area contributed by atoms with Crippen molar-refractivity contribution < 1.29 is 19.1 Å². The van der Waals surface area contributed by atoms with Crippen LogP contribution in [0.5, 0.6) is 0 Å². The van der Waals surface area contributed by atoms with Gasteiger partial charge in [0.25, 0.3) is 0 Å². The van der Waals surface area contributed by atoms with Gasteiger partial charge in [0.2, 0.25) is 11.8 Å². The molecule has 0 spiro atoms. The van der Waals surface area contributed by atoms with Gasteiger partial charge in [-0.15, -0.1) is 0 Å². The summed E-state index contributed by atoms with van der Waals surface area (Å²) in [5.74, 6) is 2.61. The normalized spacial score (nSPS) is 16.6. The monoisotopic (exact) mass is 512 g/mol. The molecule has 2 aliphatic rings. The van der Waals surface area contributed by atoms with Crippen LogP contribution in [0.25, 0.3) is 0 Å². The molecular formula is C25H32N6O4S. The van der Waals surface area contributed by atoms with Gasteiger partial charge in [0, 0.05) is 38.3 Å². The standard InChI is InChI=1S/C25H32N6O4S/c1-4-34-23(33)20-16(2)26-25(36-20)29(3)24-27-21(30-13-10-17(32)11-14-30)18-8-5-6-12-31(22(18)28-24)19-9-7-15-35-19/h7,9,15,17,32H,4-6,8,10-14H2,1-3H3. The molecule has 10 nitrogen and oxygen atoms in total. The van der Waals surface area contributed by atoms with E-state index in [4.69, 9.17) is 19.1 Å². The molecule has 2 aliphatic heterocycles. The number of carbonyl (C=O) groups is 1. The molecule has 0 atom stereocenters. The molecule has 11 heteroatoms. The zero-order valence-corrected chi connectivity index (χ0v) is 21.8. The van der Waals surface area contributed by atoms with Crippen LogP contribution in [0.3, 0.4) is 0 Å². The van der Waals surface area contributed by atoms with Gasteiger partial charge in [-0.2, -0.15) is 9.97 Å². The molecule has 3 aromatic rings. The number of thiazole rings is 1. The minimum Gasteiger partial charge on any atom is -0.462 e. The van der Waals surface area contributed by atoms with E-state index in [1.807, 2.05) is 24.1 Å². The third-order valence-corrected chi connectivity index (χ3v) is 7.85. The largest absolute Gasteiger partial charge is 0.462 e. The molecule has 0 amide bonds. The van der Waals surface area contributed by atoms with E-state index in [0.29, 0.717) is 41.1 Å². The van der Waals surface area contributed by atoms with E-state index in [2.05, 4.69) is 14.8 Å². The summed E-state index contributed by atoms with van der Waals surface area (Å²) in [6, 6.07) is 3.84. The first-order chi connectivity index (χ1) is 17.5. The lowest BCUT2D eigenvalue weighted by Crippen LogP contribution is -2.37. The summed E-state index contributed by atoms with van der Waals surface area (Å²) in [5, 5.41) is 10.7. The van der Waals surface area contributed by atoms with Crippen LogP contribution in [0.1, 0.15) is 53.5 Å². The first-order valence-electron chi connectivity index (χ1n) is 12.5. The average Bonchev–Trinajstić information content (AvgIpc) is 3.49. The number of aliphatic hydroxyl groups excluding tert-OH is 1. The highest BCUT2D eigenvalue weighted by Gasteiger charge is 2.30. The number of nitrogens with zero attached hydrogens (tertiary/aromatic N) is 6. The lowest BCUT2D eigenvalue weighted by atomic mass is 10.1. The van der Waals surface area contributed by atoms with Gasteiger partial charge < -0.3 is 19.2 Å². The zero-order chi connectivity index (χ0) is 25.2. The van der Waals surface area contributed by atoms with Crippen molar-refractivity contribution in [2.75, 3.05) is 48.0 Å². The van der Waals surface area contributed by atoms with Crippen molar-refractivity contribution in [3.63, 3.8) is 0 Å². The van der Waals surface area contributed by atoms with Crippen molar-refractivity contribution in [1.29, 1.82) is 0 Å². The number of piperidine rings is 1. The molecule has 1 saturated heterocycles. The third-order valence-electron chi connectivity index (χ3n) is 6.64. The Morgan fingerprint density at radius 1 is 1.22 bits per heavy atom. The molecular weight excluding hydrogens is 480 g/mol. The van der Waals surface area contributed by atoms with Gasteiger partial charge in [-0.3, -0.25) is 9.80 Å². The van der Waals surface area contributed by atoms with Crippen LogP contribution >= 0.6 is 11.3 Å². The Morgan fingerprint density at radius 3 is 2.72 bits per heavy atom. The number of hydrogen-bond donors (Lipinski definition) is 1. The number of ether oxygens (including phenoxy) is 1. The van der Waals surface area contributed by atoms with Gasteiger partial charge in [-0.05, 0) is 52.0 Å². The fraction of sp³-hybridized carbons (Fsp3) is 0.520. The SMILES string of the molecule is CCOC(=O)c1sc(N(C)c2nc(N3CCC(O)CC3)c3c(n2)N(c2ccco2)CCCC3)nc1C. The first kappa shape index (κ1) is 24.5. The number of aryl methyl sites for hydroxylation is 1. The highest BCUT2D eigenvalue weighted by Crippen LogP contribution is 2.39. The van der Waals surface area contributed by atoms with Gasteiger partial charge >= 0.3 is 5.97 Å². The molecule has 0 unspecified atom stereocenters. The maximum atomic E-state index is 12.4. The molecule has 5 heterocycles. The molecule has 0 aromatic carbocycles. The minimum absolute atomic E-state index is 0.275. The number of hydrogen-bond acceptors (Lipinski definition) is 11. The van der Waals surface area contributed by atoms with Crippen LogP contribution in [0.2, 0.25) is 0 Å². The van der Waals surface area contributed by atoms with Crippen LogP contribution in [-0.4, -0.2) is 65.4 Å². The molecule has 0 bridgehead atoms. The van der Waals surface area contributed by atoms with Crippen LogP contribution in [-0.2, 0) is 11.2 Å². The average molecular weight is 513 g/mol. The minimum atomic E-state index is -0.369. The van der Waals surface area contributed by atoms with Gasteiger partial charge in [-0.1, -0.05) is 11.3 Å². The lowest BCUT2D eigenvalue weighted by molar-refractivity contribution is 0.0531. The van der Waals surface area contributed by atoms with E-state index in [1.165, 1.54) is 11.3 Å². The summed E-state index contributed by atoms with van der Waals surface area (Å²) < 4.78 is 11.0. The summed E-state index contributed by atoms with van der Waals surface area (Å²) in [6.45, 7) is 6.17. The Morgan fingerprint density at radius 2 is 2.00 bits per heavy atom. The highest BCUT2D eigenvalue weighted by molar-refractivity contribution is 7.17. The van der Waals surface area contributed by atoms with Crippen molar-refractivity contribution in [3.05, 3.63) is 34.5 Å². The fourth-order valence-corrected chi connectivity index (χ4v) is 5.62. The molecule has 36 heavy (non-hydrogen) atoms. The Hall–Kier alpha value is -3.18. The van der Waals surface area contributed by atoms with E-state index in [9.17, 15) is 9.90 Å². The van der Waals surface area contributed by atoms with E-state index >= 15 is 0 Å². The molecule has 1 fully saturated rings. The van der Waals surface area contributed by atoms with Crippen LogP contribution in [0, 0.1) is 6.92 Å². The van der Waals surface area contributed by atoms with E-state index in [1.54, 1.807) is 20.1 Å². The molecule has 0 saturated carbocycles. The third kappa shape index (κ3) is 4.77. The Balaban J connectivity index is 1.59. The van der Waals surface area contributed by atoms with Crippen molar-refractivity contribution in [2.45, 2.75) is 52.1 Å². The highest BCUT2D eigenvalue weighted by atomic mass is 32.1. The second kappa shape index (κ2) is 10.4. The summed E-state index contributed by atoms with van der Waals surface area (Å²) in [5.41, 5.74) is 1.72. The zero-order valence-electron chi connectivity index (χ0n) is 20.9. The van der Waals surface area contributed by atoms with Crippen molar-refractivity contribution in [2.24, 2.45) is 0 Å². The number of furan rings is 1. The molecule has 5 rings (SSSR count). The van der Waals surface area contributed by atoms with Crippen molar-refractivity contribution in [1.82, 2.24) is 15.0 Å². The van der Waals surface area contributed by atoms with Crippen LogP contribution in [0.15, 0.2) is 22.8 Å². The second-order valence-electron chi connectivity index (χ2n) is 9.12. The molecule has 0 aliphatic carbocycles. The van der Waals surface area contributed by atoms with Gasteiger partial charge in [0.1, 0.15) is 16.5 Å². The molecule has 192 valence electrons. The van der Waals surface area contributed by atoms with Gasteiger partial charge in [0.05, 0.1) is 24.7 Å². The number of anilines is 5. The molecule has 1 N–H and O–H groups in total. The Kier molecular flexibility index (Phi) is 7.10. The predicted octanol–water partition coefficient (Wildman–Crippen LogP) is 4.21. The number of fused-ring (bicyclic) bond motifs is 1. The fourth-order valence-electron chi connectivity index (χ4n) is 4.70. The summed E-state index contributed by atoms with van der Waals surface area (Å²) >= 11 is 1.27. The Bertz CT molecular complexity index is 1210. The van der Waals surface area contributed by atoms with Crippen molar-refractivity contribution in [3.8, 4) is 0 Å². The second-order valence-corrected chi connectivity index (χ2v) is 10.1. The number of carbonyl (C=O) groups excluding carboxylic acids is 1. The molecule has 3 aromatic heterocycles. The Labute approximate surface area is 214 Å². The van der Waals surface area contributed by atoms with Gasteiger partial charge in [-0.25, -0.2) is 9.78 Å².